The van der Waals surface area contributed by atoms with E-state index in [4.69, 9.17) is 9.47 Å². The molecule has 0 bridgehead atoms. The molecule has 0 aliphatic rings. The molecule has 158 valence electrons. The Bertz CT molecular complexity index is 979. The number of benzene rings is 3. The van der Waals surface area contributed by atoms with Crippen LogP contribution in [0, 0.1) is 0 Å². The third-order valence-electron chi connectivity index (χ3n) is 3.91. The average molecular weight is 550 g/mol. The van der Waals surface area contributed by atoms with E-state index in [0.29, 0.717) is 8.70 Å². The minimum atomic E-state index is -4.66. The number of ether oxygens (including phenoxy) is 2. The first-order valence-corrected chi connectivity index (χ1v) is 10.8. The van der Waals surface area contributed by atoms with Crippen molar-refractivity contribution in [1.29, 1.82) is 0 Å². The Kier molecular flexibility index (Phi) is 6.49. The van der Waals surface area contributed by atoms with Gasteiger partial charge in [-0.1, -0.05) is 0 Å². The predicted molar refractivity (Wildman–Crippen MR) is 106 cm³/mol. The van der Waals surface area contributed by atoms with Gasteiger partial charge in [-0.05, 0) is 0 Å². The molecule has 0 spiro atoms. The van der Waals surface area contributed by atoms with Crippen molar-refractivity contribution in [3.63, 3.8) is 0 Å². The molecule has 30 heavy (non-hydrogen) atoms. The fraction of sp³-hybridized carbons (Fsp3) is 0.100. The fourth-order valence-corrected chi connectivity index (χ4v) is 3.68. The molecule has 0 N–H and O–H groups in total. The van der Waals surface area contributed by atoms with E-state index in [1.54, 1.807) is 0 Å². The van der Waals surface area contributed by atoms with Crippen LogP contribution in [0.2, 0.25) is 0 Å². The second-order valence-corrected chi connectivity index (χ2v) is 8.96. The maximum atomic E-state index is 13.4. The summed E-state index contributed by atoms with van der Waals surface area (Å²) < 4.78 is 92.0. The van der Waals surface area contributed by atoms with Crippen LogP contribution in [0.5, 0.6) is 23.0 Å². The summed E-state index contributed by atoms with van der Waals surface area (Å²) in [7, 11) is 0. The van der Waals surface area contributed by atoms with E-state index >= 15 is 0 Å². The molecule has 2 unspecified atom stereocenters. The summed E-state index contributed by atoms with van der Waals surface area (Å²) in [6, 6.07) is 12.8. The molecular weight excluding hydrogens is 536 g/mol. The number of halogens is 6. The van der Waals surface area contributed by atoms with Gasteiger partial charge in [-0.3, -0.25) is 0 Å². The van der Waals surface area contributed by atoms with Crippen LogP contribution in [0.1, 0.15) is 11.1 Å². The van der Waals surface area contributed by atoms with Crippen molar-refractivity contribution in [2.75, 3.05) is 0 Å². The second kappa shape index (κ2) is 8.60. The molecule has 3 rings (SSSR count). The van der Waals surface area contributed by atoms with E-state index < -0.39 is 35.0 Å². The van der Waals surface area contributed by atoms with E-state index in [0.717, 1.165) is 45.8 Å². The SMILES string of the molecule is FC(F)(F)c1cc([AsH2])ccc1Oc1ccccc1Oc1ccc([AsH2])cc1C(F)(F)F. The number of alkyl halides is 6. The van der Waals surface area contributed by atoms with Crippen LogP contribution in [0.4, 0.5) is 26.3 Å². The molecule has 0 saturated heterocycles. The molecule has 3 aromatic carbocycles. The summed E-state index contributed by atoms with van der Waals surface area (Å²) in [6.07, 6.45) is -9.31. The van der Waals surface area contributed by atoms with Gasteiger partial charge in [0.05, 0.1) is 0 Å². The van der Waals surface area contributed by atoms with Gasteiger partial charge in [-0.15, -0.1) is 0 Å². The normalized spacial score (nSPS) is 12.0. The first kappa shape index (κ1) is 22.6. The Balaban J connectivity index is 2.01. The van der Waals surface area contributed by atoms with Gasteiger partial charge < -0.3 is 0 Å². The maximum absolute atomic E-state index is 13.4. The average Bonchev–Trinajstić information content (AvgIpc) is 2.64. The first-order chi connectivity index (χ1) is 13.9. The zero-order chi connectivity index (χ0) is 22.1. The topological polar surface area (TPSA) is 18.5 Å². The van der Waals surface area contributed by atoms with E-state index in [-0.39, 0.29) is 11.5 Å². The van der Waals surface area contributed by atoms with Gasteiger partial charge in [0, 0.05) is 0 Å². The molecule has 0 aliphatic heterocycles. The summed E-state index contributed by atoms with van der Waals surface area (Å²) in [5, 5.41) is 0. The zero-order valence-corrected chi connectivity index (χ0v) is 19.9. The Morgan fingerprint density at radius 3 is 1.23 bits per heavy atom. The number of rotatable bonds is 4. The number of para-hydroxylation sites is 2. The van der Waals surface area contributed by atoms with Crippen molar-refractivity contribution in [3.8, 4) is 23.0 Å². The van der Waals surface area contributed by atoms with Crippen molar-refractivity contribution < 1.29 is 35.8 Å². The van der Waals surface area contributed by atoms with Crippen molar-refractivity contribution in [2.45, 2.75) is 12.4 Å². The standard InChI is InChI=1S/C20H14As2F6O2/c21-11-5-7-15(13(9-11)19(23,24)25)29-17-3-1-2-4-18(17)30-16-8-6-12(22)10-14(16)20(26,27)28/h1-10H,21-22H2. The van der Waals surface area contributed by atoms with Gasteiger partial charge in [0.25, 0.3) is 0 Å². The Hall–Kier alpha value is -2.04. The van der Waals surface area contributed by atoms with Crippen LogP contribution >= 0.6 is 0 Å². The molecule has 0 aromatic heterocycles. The summed E-state index contributed by atoms with van der Waals surface area (Å²) in [5.74, 6) is -1.23. The van der Waals surface area contributed by atoms with E-state index in [9.17, 15) is 26.3 Å². The number of hydrogen-bond acceptors (Lipinski definition) is 2. The summed E-state index contributed by atoms with van der Waals surface area (Å²) in [6.45, 7) is 0. The van der Waals surface area contributed by atoms with E-state index in [1.165, 1.54) is 48.5 Å². The third kappa shape index (κ3) is 5.35. The molecule has 0 fully saturated rings. The van der Waals surface area contributed by atoms with Crippen molar-refractivity contribution in [2.24, 2.45) is 0 Å². The van der Waals surface area contributed by atoms with Crippen molar-refractivity contribution in [1.82, 2.24) is 0 Å². The Labute approximate surface area is 185 Å². The molecule has 10 heteroatoms. The van der Waals surface area contributed by atoms with Crippen LogP contribution in [-0.4, -0.2) is 33.7 Å². The Morgan fingerprint density at radius 2 is 0.900 bits per heavy atom. The van der Waals surface area contributed by atoms with Gasteiger partial charge in [0.2, 0.25) is 0 Å². The summed E-state index contributed by atoms with van der Waals surface area (Å²) in [5.41, 5.74) is -1.96. The van der Waals surface area contributed by atoms with Gasteiger partial charge in [0.15, 0.2) is 0 Å². The molecule has 3 aromatic rings. The molecular formula is C20H14As2F6O2. The van der Waals surface area contributed by atoms with E-state index in [2.05, 4.69) is 0 Å². The quantitative estimate of drug-likeness (QED) is 0.364. The minimum absolute atomic E-state index is 0.143. The number of hydrogen-bond donors (Lipinski definition) is 0. The Morgan fingerprint density at radius 1 is 0.533 bits per heavy atom. The van der Waals surface area contributed by atoms with E-state index in [1.807, 2.05) is 0 Å². The predicted octanol–water partition coefficient (Wildman–Crippen LogP) is 3.83. The first-order valence-electron chi connectivity index (χ1n) is 8.33. The van der Waals surface area contributed by atoms with Crippen molar-refractivity contribution >= 4 is 42.4 Å². The van der Waals surface area contributed by atoms with Crippen LogP contribution in [0.25, 0.3) is 0 Å². The van der Waals surface area contributed by atoms with Gasteiger partial charge >= 0.3 is 185 Å². The van der Waals surface area contributed by atoms with Crippen LogP contribution in [0.15, 0.2) is 60.7 Å². The zero-order valence-electron chi connectivity index (χ0n) is 15.0. The molecule has 0 heterocycles. The molecule has 0 saturated carbocycles. The van der Waals surface area contributed by atoms with Gasteiger partial charge in [-0.25, -0.2) is 0 Å². The third-order valence-corrected chi connectivity index (χ3v) is 5.41. The molecule has 2 nitrogen and oxygen atoms in total. The molecule has 0 amide bonds. The van der Waals surface area contributed by atoms with Crippen LogP contribution in [0.3, 0.4) is 0 Å². The second-order valence-electron chi connectivity index (χ2n) is 6.16. The van der Waals surface area contributed by atoms with Crippen molar-refractivity contribution in [3.05, 3.63) is 71.8 Å². The summed E-state index contributed by atoms with van der Waals surface area (Å²) in [4.78, 5) is 0. The molecule has 0 aliphatic carbocycles. The van der Waals surface area contributed by atoms with Gasteiger partial charge in [0.1, 0.15) is 0 Å². The fourth-order valence-electron chi connectivity index (χ4n) is 2.57. The van der Waals surface area contributed by atoms with Crippen LogP contribution in [-0.2, 0) is 12.4 Å². The van der Waals surface area contributed by atoms with Gasteiger partial charge in [-0.2, -0.15) is 0 Å². The summed E-state index contributed by atoms with van der Waals surface area (Å²) >= 11 is 2.03. The molecule has 2 atom stereocenters. The monoisotopic (exact) mass is 550 g/mol. The van der Waals surface area contributed by atoms with Crippen LogP contribution < -0.4 is 18.2 Å². The molecule has 0 radical (unpaired) electrons.